The van der Waals surface area contributed by atoms with Gasteiger partial charge in [-0.2, -0.15) is 0 Å². The number of hydrogen-bond acceptors (Lipinski definition) is 4. The second-order valence-electron chi connectivity index (χ2n) is 4.40. The molecular formula is C13H14N2O5S. The first-order valence-corrected chi connectivity index (χ1v) is 7.63. The van der Waals surface area contributed by atoms with Crippen molar-refractivity contribution in [1.82, 2.24) is 10.0 Å². The van der Waals surface area contributed by atoms with E-state index >= 15 is 0 Å². The number of carbonyl (C=O) groups is 1. The number of nitrogens with one attached hydrogen (secondary N) is 2. The number of sulfonamides is 1. The van der Waals surface area contributed by atoms with Crippen LogP contribution in [0.1, 0.15) is 12.5 Å². The highest BCUT2D eigenvalue weighted by Crippen LogP contribution is 2.27. The topological polar surface area (TPSA) is 105 Å². The van der Waals surface area contributed by atoms with Crippen molar-refractivity contribution >= 4 is 16.1 Å². The highest BCUT2D eigenvalue weighted by atomic mass is 32.2. The zero-order valence-corrected chi connectivity index (χ0v) is 12.0. The lowest BCUT2D eigenvalue weighted by Crippen LogP contribution is -2.29. The Balaban J connectivity index is 2.27. The number of hydrogen-bond donors (Lipinski definition) is 3. The van der Waals surface area contributed by atoms with Crippen LogP contribution in [0.2, 0.25) is 0 Å². The van der Waals surface area contributed by atoms with E-state index in [-0.39, 0.29) is 29.8 Å². The van der Waals surface area contributed by atoms with Gasteiger partial charge in [-0.3, -0.25) is 0 Å². The van der Waals surface area contributed by atoms with Crippen LogP contribution in [0.25, 0.3) is 0 Å². The fraction of sp³-hybridized carbons (Fsp3) is 0.308. The van der Waals surface area contributed by atoms with Gasteiger partial charge in [0.25, 0.3) is 0 Å². The molecular weight excluding hydrogens is 296 g/mol. The molecule has 1 heterocycles. The van der Waals surface area contributed by atoms with Gasteiger partial charge in [0.2, 0.25) is 10.0 Å². The fourth-order valence-electron chi connectivity index (χ4n) is 1.73. The maximum atomic E-state index is 12.0. The number of amides is 1. The molecule has 0 saturated heterocycles. The predicted molar refractivity (Wildman–Crippen MR) is 74.6 cm³/mol. The standard InChI is InChI=1S/C13H14N2O5S/c1-9-8-15-21(18,19)12-5-4-10(7-11(12)20-9)3-2-6-14-13(16)17/h4-5,7,9,14-15H,6,8H2,1H3,(H,16,17)/t9-/m1/s1. The highest BCUT2D eigenvalue weighted by molar-refractivity contribution is 7.89. The summed E-state index contributed by atoms with van der Waals surface area (Å²) in [6.07, 6.45) is -1.45. The quantitative estimate of drug-likeness (QED) is 0.650. The predicted octanol–water partition coefficient (Wildman–Crippen LogP) is 0.365. The zero-order valence-electron chi connectivity index (χ0n) is 11.2. The zero-order chi connectivity index (χ0) is 15.5. The number of carboxylic acid groups (broad SMARTS) is 1. The van der Waals surface area contributed by atoms with Gasteiger partial charge in [-0.1, -0.05) is 11.8 Å². The van der Waals surface area contributed by atoms with Crippen LogP contribution in [0.15, 0.2) is 23.1 Å². The second-order valence-corrected chi connectivity index (χ2v) is 6.14. The van der Waals surface area contributed by atoms with Crippen LogP contribution in [0.3, 0.4) is 0 Å². The molecule has 0 bridgehead atoms. The third-order valence-electron chi connectivity index (χ3n) is 2.68. The summed E-state index contributed by atoms with van der Waals surface area (Å²) in [5.41, 5.74) is 0.547. The van der Waals surface area contributed by atoms with E-state index in [2.05, 4.69) is 21.9 Å². The van der Waals surface area contributed by atoms with Crippen molar-refractivity contribution in [2.24, 2.45) is 0 Å². The number of fused-ring (bicyclic) bond motifs is 1. The summed E-state index contributed by atoms with van der Waals surface area (Å²) < 4.78 is 32.0. The van der Waals surface area contributed by atoms with Crippen LogP contribution < -0.4 is 14.8 Å². The van der Waals surface area contributed by atoms with E-state index in [0.29, 0.717) is 5.56 Å². The van der Waals surface area contributed by atoms with Crippen molar-refractivity contribution in [1.29, 1.82) is 0 Å². The Morgan fingerprint density at radius 2 is 2.33 bits per heavy atom. The normalized spacial score (nSPS) is 19.2. The van der Waals surface area contributed by atoms with Gasteiger partial charge in [0.1, 0.15) is 16.7 Å². The van der Waals surface area contributed by atoms with E-state index in [9.17, 15) is 13.2 Å². The molecule has 0 aliphatic carbocycles. The van der Waals surface area contributed by atoms with E-state index in [4.69, 9.17) is 9.84 Å². The van der Waals surface area contributed by atoms with Crippen molar-refractivity contribution in [3.63, 3.8) is 0 Å². The van der Waals surface area contributed by atoms with E-state index < -0.39 is 16.1 Å². The summed E-state index contributed by atoms with van der Waals surface area (Å²) in [5, 5.41) is 10.5. The van der Waals surface area contributed by atoms with Crippen LogP contribution in [0, 0.1) is 11.8 Å². The molecule has 1 aromatic carbocycles. The van der Waals surface area contributed by atoms with Crippen molar-refractivity contribution in [3.8, 4) is 17.6 Å². The average Bonchev–Trinajstić information content (AvgIpc) is 2.51. The van der Waals surface area contributed by atoms with Crippen molar-refractivity contribution in [3.05, 3.63) is 23.8 Å². The first-order valence-electron chi connectivity index (χ1n) is 6.14. The van der Waals surface area contributed by atoms with Crippen LogP contribution in [0.5, 0.6) is 5.75 Å². The lowest BCUT2D eigenvalue weighted by molar-refractivity contribution is 0.196. The molecule has 1 aliphatic rings. The Labute approximate surface area is 122 Å². The molecule has 1 atom stereocenters. The summed E-state index contributed by atoms with van der Waals surface area (Å²) in [4.78, 5) is 10.3. The number of rotatable bonds is 1. The molecule has 21 heavy (non-hydrogen) atoms. The van der Waals surface area contributed by atoms with Crippen molar-refractivity contribution in [2.45, 2.75) is 17.9 Å². The van der Waals surface area contributed by atoms with E-state index in [1.807, 2.05) is 0 Å². The first-order chi connectivity index (χ1) is 9.88. The minimum absolute atomic E-state index is 0.0104. The van der Waals surface area contributed by atoms with Gasteiger partial charge in [-0.15, -0.1) is 0 Å². The SMILES string of the molecule is C[C@@H]1CNS(=O)(=O)c2ccc(C#CCNC(=O)O)cc2O1. The Morgan fingerprint density at radius 1 is 1.57 bits per heavy atom. The molecule has 0 aromatic heterocycles. The molecule has 0 unspecified atom stereocenters. The number of ether oxygens (including phenoxy) is 1. The van der Waals surface area contributed by atoms with Gasteiger partial charge >= 0.3 is 6.09 Å². The molecule has 3 N–H and O–H groups in total. The number of benzene rings is 1. The minimum atomic E-state index is -3.58. The molecule has 0 saturated carbocycles. The Bertz CT molecular complexity index is 718. The largest absolute Gasteiger partial charge is 0.488 e. The summed E-state index contributed by atoms with van der Waals surface area (Å²) in [6.45, 7) is 1.94. The Morgan fingerprint density at radius 3 is 3.05 bits per heavy atom. The highest BCUT2D eigenvalue weighted by Gasteiger charge is 2.25. The van der Waals surface area contributed by atoms with Crippen LogP contribution in [-0.2, 0) is 10.0 Å². The van der Waals surface area contributed by atoms with Crippen LogP contribution in [0.4, 0.5) is 4.79 Å². The molecule has 1 aliphatic heterocycles. The van der Waals surface area contributed by atoms with Crippen LogP contribution in [-0.4, -0.2) is 38.8 Å². The third kappa shape index (κ3) is 3.87. The van der Waals surface area contributed by atoms with Gasteiger partial charge < -0.3 is 15.2 Å². The van der Waals surface area contributed by atoms with Crippen molar-refractivity contribution < 1.29 is 23.1 Å². The lowest BCUT2D eigenvalue weighted by atomic mass is 10.2. The molecule has 0 spiro atoms. The molecule has 1 amide bonds. The van der Waals surface area contributed by atoms with Crippen LogP contribution >= 0.6 is 0 Å². The smallest absolute Gasteiger partial charge is 0.405 e. The molecule has 2 rings (SSSR count). The fourth-order valence-corrected chi connectivity index (χ4v) is 2.96. The van der Waals surface area contributed by atoms with E-state index in [1.165, 1.54) is 12.1 Å². The second kappa shape index (κ2) is 6.03. The van der Waals surface area contributed by atoms with Gasteiger partial charge in [0, 0.05) is 12.1 Å². The molecule has 0 radical (unpaired) electrons. The maximum Gasteiger partial charge on any atom is 0.405 e. The van der Waals surface area contributed by atoms with Gasteiger partial charge in [0.15, 0.2) is 0 Å². The average molecular weight is 310 g/mol. The molecule has 112 valence electrons. The molecule has 7 nitrogen and oxygen atoms in total. The van der Waals surface area contributed by atoms with E-state index in [1.54, 1.807) is 13.0 Å². The lowest BCUT2D eigenvalue weighted by Gasteiger charge is -2.10. The maximum absolute atomic E-state index is 12.0. The Kier molecular flexibility index (Phi) is 4.35. The third-order valence-corrected chi connectivity index (χ3v) is 4.15. The van der Waals surface area contributed by atoms with Gasteiger partial charge in [-0.05, 0) is 25.1 Å². The summed E-state index contributed by atoms with van der Waals surface area (Å²) in [7, 11) is -3.58. The summed E-state index contributed by atoms with van der Waals surface area (Å²) >= 11 is 0. The minimum Gasteiger partial charge on any atom is -0.488 e. The summed E-state index contributed by atoms with van der Waals surface area (Å²) in [5.74, 6) is 5.61. The van der Waals surface area contributed by atoms with Crippen molar-refractivity contribution in [2.75, 3.05) is 13.1 Å². The van der Waals surface area contributed by atoms with Gasteiger partial charge in [-0.25, -0.2) is 17.9 Å². The van der Waals surface area contributed by atoms with E-state index in [0.717, 1.165) is 0 Å². The molecule has 1 aromatic rings. The first kappa shape index (κ1) is 15.2. The molecule has 0 fully saturated rings. The summed E-state index contributed by atoms with van der Waals surface area (Å²) in [6, 6.07) is 4.50. The monoisotopic (exact) mass is 310 g/mol. The molecule has 8 heteroatoms. The Hall–Kier alpha value is -2.24. The van der Waals surface area contributed by atoms with Gasteiger partial charge in [0.05, 0.1) is 6.54 Å².